The number of amides is 1. The Morgan fingerprint density at radius 1 is 1.15 bits per heavy atom. The summed E-state index contributed by atoms with van der Waals surface area (Å²) in [6.07, 6.45) is 0. The van der Waals surface area contributed by atoms with Crippen LogP contribution in [-0.2, 0) is 0 Å². The van der Waals surface area contributed by atoms with Gasteiger partial charge in [0.1, 0.15) is 0 Å². The van der Waals surface area contributed by atoms with Gasteiger partial charge in [-0.1, -0.05) is 39.7 Å². The van der Waals surface area contributed by atoms with Crippen molar-refractivity contribution in [2.24, 2.45) is 0 Å². The fourth-order valence-corrected chi connectivity index (χ4v) is 3.04. The predicted octanol–water partition coefficient (Wildman–Crippen LogP) is 4.45. The second-order valence-corrected chi connectivity index (χ2v) is 7.49. The molecule has 7 heteroatoms. The highest BCUT2D eigenvalue weighted by Gasteiger charge is 2.18. The van der Waals surface area contributed by atoms with E-state index in [0.29, 0.717) is 16.4 Å². The van der Waals surface area contributed by atoms with Gasteiger partial charge in [-0.15, -0.1) is 0 Å². The Bertz CT molecular complexity index is 1030. The van der Waals surface area contributed by atoms with Crippen molar-refractivity contribution in [1.29, 1.82) is 0 Å². The van der Waals surface area contributed by atoms with Crippen LogP contribution in [0.25, 0.3) is 5.69 Å². The smallest absolute Gasteiger partial charge is 0.276 e. The SMILES string of the molecule is Cc1cc(=O)c(C(=O)NC(C)c2ccc(Br)cc2)nn1-c1ccc(Cl)cc1. The number of rotatable bonds is 4. The maximum absolute atomic E-state index is 12.6. The Morgan fingerprint density at radius 2 is 1.78 bits per heavy atom. The van der Waals surface area contributed by atoms with E-state index in [-0.39, 0.29) is 11.7 Å². The molecule has 0 aliphatic carbocycles. The quantitative estimate of drug-likeness (QED) is 0.644. The topological polar surface area (TPSA) is 64.0 Å². The molecule has 3 rings (SSSR count). The van der Waals surface area contributed by atoms with Crippen LogP contribution in [0.3, 0.4) is 0 Å². The van der Waals surface area contributed by atoms with Crippen LogP contribution >= 0.6 is 27.5 Å². The van der Waals surface area contributed by atoms with Gasteiger partial charge in [0.05, 0.1) is 11.7 Å². The lowest BCUT2D eigenvalue weighted by molar-refractivity contribution is 0.0932. The van der Waals surface area contributed by atoms with Crippen molar-refractivity contribution in [3.8, 4) is 5.69 Å². The number of aromatic nitrogens is 2. The lowest BCUT2D eigenvalue weighted by atomic mass is 10.1. The van der Waals surface area contributed by atoms with Gasteiger partial charge in [0.15, 0.2) is 5.69 Å². The lowest BCUT2D eigenvalue weighted by Crippen LogP contribution is -2.33. The van der Waals surface area contributed by atoms with Crippen LogP contribution in [0.5, 0.6) is 0 Å². The highest BCUT2D eigenvalue weighted by molar-refractivity contribution is 9.10. The molecule has 0 saturated carbocycles. The van der Waals surface area contributed by atoms with Crippen molar-refractivity contribution in [3.63, 3.8) is 0 Å². The van der Waals surface area contributed by atoms with Crippen molar-refractivity contribution in [2.75, 3.05) is 0 Å². The molecule has 0 aliphatic rings. The van der Waals surface area contributed by atoms with E-state index in [1.807, 2.05) is 31.2 Å². The number of nitrogens with one attached hydrogen (secondary N) is 1. The molecule has 138 valence electrons. The van der Waals surface area contributed by atoms with Gasteiger partial charge in [0.25, 0.3) is 5.91 Å². The molecule has 0 fully saturated rings. The predicted molar refractivity (Wildman–Crippen MR) is 110 cm³/mol. The summed E-state index contributed by atoms with van der Waals surface area (Å²) in [5.74, 6) is -0.516. The third kappa shape index (κ3) is 4.46. The van der Waals surface area contributed by atoms with E-state index in [2.05, 4.69) is 26.3 Å². The molecule has 1 unspecified atom stereocenters. The summed E-state index contributed by atoms with van der Waals surface area (Å²) in [7, 11) is 0. The second-order valence-electron chi connectivity index (χ2n) is 6.13. The van der Waals surface area contributed by atoms with Gasteiger partial charge in [0, 0.05) is 21.3 Å². The van der Waals surface area contributed by atoms with E-state index in [4.69, 9.17) is 11.6 Å². The van der Waals surface area contributed by atoms with Gasteiger partial charge in [-0.3, -0.25) is 9.59 Å². The third-order valence-electron chi connectivity index (χ3n) is 4.11. The van der Waals surface area contributed by atoms with E-state index >= 15 is 0 Å². The molecule has 1 atom stereocenters. The highest BCUT2D eigenvalue weighted by Crippen LogP contribution is 2.17. The Hall–Kier alpha value is -2.44. The first kappa shape index (κ1) is 19.3. The number of carbonyl (C=O) groups is 1. The summed E-state index contributed by atoms with van der Waals surface area (Å²) in [5, 5.41) is 7.70. The first-order chi connectivity index (χ1) is 12.8. The zero-order chi connectivity index (χ0) is 19.6. The minimum Gasteiger partial charge on any atom is -0.344 e. The average Bonchev–Trinajstić information content (AvgIpc) is 2.63. The zero-order valence-electron chi connectivity index (χ0n) is 14.7. The van der Waals surface area contributed by atoms with E-state index in [0.717, 1.165) is 10.0 Å². The maximum atomic E-state index is 12.6. The highest BCUT2D eigenvalue weighted by atomic mass is 79.9. The summed E-state index contributed by atoms with van der Waals surface area (Å²) in [6.45, 7) is 3.61. The molecule has 27 heavy (non-hydrogen) atoms. The van der Waals surface area contributed by atoms with Crippen LogP contribution in [0.4, 0.5) is 0 Å². The van der Waals surface area contributed by atoms with Gasteiger partial charge in [-0.2, -0.15) is 5.10 Å². The number of aryl methyl sites for hydroxylation is 1. The largest absolute Gasteiger partial charge is 0.344 e. The number of benzene rings is 2. The van der Waals surface area contributed by atoms with E-state index in [1.165, 1.54) is 6.07 Å². The van der Waals surface area contributed by atoms with Crippen molar-refractivity contribution in [2.45, 2.75) is 19.9 Å². The fourth-order valence-electron chi connectivity index (χ4n) is 2.65. The first-order valence-electron chi connectivity index (χ1n) is 8.28. The number of carbonyl (C=O) groups excluding carboxylic acids is 1. The number of hydrogen-bond donors (Lipinski definition) is 1. The summed E-state index contributed by atoms with van der Waals surface area (Å²) >= 11 is 9.31. The fraction of sp³-hybridized carbons (Fsp3) is 0.150. The molecule has 1 N–H and O–H groups in total. The first-order valence-corrected chi connectivity index (χ1v) is 9.45. The molecule has 5 nitrogen and oxygen atoms in total. The molecule has 1 heterocycles. The standard InChI is InChI=1S/C20H17BrClN3O2/c1-12-11-18(26)19(24-25(12)17-9-7-16(22)8-10-17)20(27)23-13(2)14-3-5-15(21)6-4-14/h3-11,13H,1-2H3,(H,23,27). The van der Waals surface area contributed by atoms with Gasteiger partial charge in [-0.25, -0.2) is 4.68 Å². The van der Waals surface area contributed by atoms with Crippen molar-refractivity contribution < 1.29 is 4.79 Å². The molecular weight excluding hydrogens is 430 g/mol. The van der Waals surface area contributed by atoms with Gasteiger partial charge in [-0.05, 0) is 55.8 Å². The molecule has 1 aromatic heterocycles. The molecule has 0 radical (unpaired) electrons. The number of nitrogens with zero attached hydrogens (tertiary/aromatic N) is 2. The van der Waals surface area contributed by atoms with Gasteiger partial charge >= 0.3 is 0 Å². The molecular formula is C20H17BrClN3O2. The van der Waals surface area contributed by atoms with Crippen LogP contribution in [0.2, 0.25) is 5.02 Å². The molecule has 0 saturated heterocycles. The van der Waals surface area contributed by atoms with E-state index < -0.39 is 11.3 Å². The molecule has 3 aromatic rings. The summed E-state index contributed by atoms with van der Waals surface area (Å²) in [5.41, 5.74) is 1.70. The van der Waals surface area contributed by atoms with Crippen LogP contribution in [0.1, 0.15) is 34.7 Å². The third-order valence-corrected chi connectivity index (χ3v) is 4.89. The number of halogens is 2. The molecule has 0 spiro atoms. The van der Waals surface area contributed by atoms with Crippen LogP contribution in [0, 0.1) is 6.92 Å². The number of hydrogen-bond acceptors (Lipinski definition) is 3. The van der Waals surface area contributed by atoms with E-state index in [9.17, 15) is 9.59 Å². The second kappa shape index (κ2) is 8.06. The van der Waals surface area contributed by atoms with Crippen LogP contribution in [-0.4, -0.2) is 15.7 Å². The minimum atomic E-state index is -0.516. The summed E-state index contributed by atoms with van der Waals surface area (Å²) in [4.78, 5) is 25.0. The molecule has 2 aromatic carbocycles. The lowest BCUT2D eigenvalue weighted by Gasteiger charge is -2.15. The minimum absolute atomic E-state index is 0.153. The molecule has 0 aliphatic heterocycles. The van der Waals surface area contributed by atoms with Crippen molar-refractivity contribution in [1.82, 2.24) is 15.1 Å². The Kier molecular flexibility index (Phi) is 5.77. The summed E-state index contributed by atoms with van der Waals surface area (Å²) < 4.78 is 2.51. The normalized spacial score (nSPS) is 11.9. The Labute approximate surface area is 170 Å². The average molecular weight is 447 g/mol. The van der Waals surface area contributed by atoms with Crippen LogP contribution in [0.15, 0.2) is 63.9 Å². The van der Waals surface area contributed by atoms with Crippen molar-refractivity contribution >= 4 is 33.4 Å². The maximum Gasteiger partial charge on any atom is 0.276 e. The molecule has 1 amide bonds. The van der Waals surface area contributed by atoms with Gasteiger partial charge < -0.3 is 5.32 Å². The van der Waals surface area contributed by atoms with E-state index in [1.54, 1.807) is 35.9 Å². The van der Waals surface area contributed by atoms with Crippen molar-refractivity contribution in [3.05, 3.63) is 91.3 Å². The zero-order valence-corrected chi connectivity index (χ0v) is 17.1. The van der Waals surface area contributed by atoms with Crippen LogP contribution < -0.4 is 10.7 Å². The Morgan fingerprint density at radius 3 is 2.41 bits per heavy atom. The van der Waals surface area contributed by atoms with Gasteiger partial charge in [0.2, 0.25) is 5.43 Å². The molecule has 0 bridgehead atoms. The monoisotopic (exact) mass is 445 g/mol. The summed E-state index contributed by atoms with van der Waals surface area (Å²) in [6, 6.07) is 15.8. The Balaban J connectivity index is 1.90.